The van der Waals surface area contributed by atoms with Gasteiger partial charge in [0, 0.05) is 19.5 Å². The Morgan fingerprint density at radius 2 is 1.91 bits per heavy atom. The van der Waals surface area contributed by atoms with Gasteiger partial charge in [-0.1, -0.05) is 0 Å². The van der Waals surface area contributed by atoms with Gasteiger partial charge in [-0.2, -0.15) is 12.6 Å². The molecule has 0 aromatic heterocycles. The molecule has 1 saturated carbocycles. The van der Waals surface area contributed by atoms with Gasteiger partial charge in [-0.3, -0.25) is 9.59 Å². The lowest BCUT2D eigenvalue weighted by Gasteiger charge is -2.47. The van der Waals surface area contributed by atoms with Gasteiger partial charge in [-0.15, -0.1) is 0 Å². The van der Waals surface area contributed by atoms with Crippen LogP contribution in [-0.4, -0.2) is 53.4 Å². The molecule has 3 saturated heterocycles. The summed E-state index contributed by atoms with van der Waals surface area (Å²) >= 11 is 4.12. The maximum absolute atomic E-state index is 12.5. The highest BCUT2D eigenvalue weighted by atomic mass is 32.1. The van der Waals surface area contributed by atoms with E-state index >= 15 is 0 Å². The van der Waals surface area contributed by atoms with E-state index in [9.17, 15) is 9.59 Å². The predicted molar refractivity (Wildman–Crippen MR) is 84.8 cm³/mol. The van der Waals surface area contributed by atoms with E-state index in [4.69, 9.17) is 9.47 Å². The maximum Gasteiger partial charge on any atom is 0.315 e. The van der Waals surface area contributed by atoms with Gasteiger partial charge in [-0.25, -0.2) is 0 Å². The van der Waals surface area contributed by atoms with E-state index in [1.807, 2.05) is 11.8 Å². The van der Waals surface area contributed by atoms with Crippen molar-refractivity contribution in [2.75, 3.05) is 25.4 Å². The highest BCUT2D eigenvalue weighted by Gasteiger charge is 2.77. The molecule has 6 heteroatoms. The van der Waals surface area contributed by atoms with Crippen LogP contribution in [0.3, 0.4) is 0 Å². The molecular formula is C16H25NO4S. The molecule has 0 aromatic carbocycles. The summed E-state index contributed by atoms with van der Waals surface area (Å²) in [5.74, 6) is 0.605. The highest BCUT2D eigenvalue weighted by molar-refractivity contribution is 7.80. The number of hydrogen-bond donors (Lipinski definition) is 1. The molecule has 0 aromatic rings. The van der Waals surface area contributed by atoms with E-state index in [0.29, 0.717) is 31.9 Å². The van der Waals surface area contributed by atoms with Crippen LogP contribution in [-0.2, 0) is 19.1 Å². The van der Waals surface area contributed by atoms with E-state index in [1.165, 1.54) is 0 Å². The topological polar surface area (TPSA) is 55.8 Å². The molecule has 5 nitrogen and oxygen atoms in total. The third kappa shape index (κ3) is 2.18. The summed E-state index contributed by atoms with van der Waals surface area (Å²) in [6.45, 7) is 5.64. The van der Waals surface area contributed by atoms with Gasteiger partial charge < -0.3 is 14.4 Å². The summed E-state index contributed by atoms with van der Waals surface area (Å²) in [6, 6.07) is 0. The number of rotatable bonds is 4. The smallest absolute Gasteiger partial charge is 0.315 e. The lowest BCUT2D eigenvalue weighted by atomic mass is 9.54. The third-order valence-electron chi connectivity index (χ3n) is 5.58. The van der Waals surface area contributed by atoms with Crippen molar-refractivity contribution < 1.29 is 19.1 Å². The van der Waals surface area contributed by atoms with Crippen LogP contribution in [0.25, 0.3) is 0 Å². The molecular weight excluding hydrogens is 302 g/mol. The van der Waals surface area contributed by atoms with Crippen molar-refractivity contribution in [2.24, 2.45) is 5.41 Å². The zero-order valence-corrected chi connectivity index (χ0v) is 14.3. The highest BCUT2D eigenvalue weighted by Crippen LogP contribution is 2.69. The van der Waals surface area contributed by atoms with Crippen molar-refractivity contribution in [3.05, 3.63) is 0 Å². The number of carbonyl (C=O) groups excluding carboxylic acids is 2. The number of nitrogens with zero attached hydrogens (tertiary/aromatic N) is 1. The Hall–Kier alpha value is -0.750. The molecule has 1 spiro atoms. The van der Waals surface area contributed by atoms with Crippen LogP contribution in [0.4, 0.5) is 0 Å². The summed E-state index contributed by atoms with van der Waals surface area (Å²) in [5.41, 5.74) is -1.12. The van der Waals surface area contributed by atoms with Crippen LogP contribution in [0.5, 0.6) is 0 Å². The molecule has 3 aliphatic heterocycles. The summed E-state index contributed by atoms with van der Waals surface area (Å²) in [6.07, 6.45) is 3.42. The van der Waals surface area contributed by atoms with Crippen LogP contribution < -0.4 is 0 Å². The van der Waals surface area contributed by atoms with Gasteiger partial charge in [0.1, 0.15) is 5.41 Å². The number of thiol groups is 1. The minimum Gasteiger partial charge on any atom is -0.465 e. The first-order valence-electron chi connectivity index (χ1n) is 8.16. The lowest BCUT2D eigenvalue weighted by molar-refractivity contribution is -0.168. The Morgan fingerprint density at radius 3 is 2.45 bits per heavy atom. The second-order valence-corrected chi connectivity index (χ2v) is 7.50. The number of piperidine rings is 1. The van der Waals surface area contributed by atoms with Crippen molar-refractivity contribution in [3.63, 3.8) is 0 Å². The Balaban J connectivity index is 1.74. The fourth-order valence-corrected chi connectivity index (χ4v) is 4.93. The molecule has 4 fully saturated rings. The minimum atomic E-state index is -0.490. The molecule has 0 unspecified atom stereocenters. The van der Waals surface area contributed by atoms with Crippen molar-refractivity contribution in [1.29, 1.82) is 0 Å². The Morgan fingerprint density at radius 1 is 1.27 bits per heavy atom. The van der Waals surface area contributed by atoms with Gasteiger partial charge in [0.05, 0.1) is 17.8 Å². The van der Waals surface area contributed by atoms with E-state index in [-0.39, 0.29) is 17.5 Å². The third-order valence-corrected chi connectivity index (χ3v) is 5.80. The molecule has 0 atom stereocenters. The van der Waals surface area contributed by atoms with Crippen LogP contribution in [0.2, 0.25) is 0 Å². The number of ether oxygens (including phenoxy) is 2. The van der Waals surface area contributed by atoms with Crippen molar-refractivity contribution in [2.45, 2.75) is 57.2 Å². The van der Waals surface area contributed by atoms with Gasteiger partial charge in [0.15, 0.2) is 0 Å². The summed E-state index contributed by atoms with van der Waals surface area (Å²) in [7, 11) is 0. The Bertz CT molecular complexity index is 479. The fraction of sp³-hybridized carbons (Fsp3) is 0.875. The van der Waals surface area contributed by atoms with E-state index in [2.05, 4.69) is 19.6 Å². The number of esters is 1. The first-order chi connectivity index (χ1) is 10.4. The summed E-state index contributed by atoms with van der Waals surface area (Å²) in [5, 5.41) is 0. The van der Waals surface area contributed by atoms with Crippen LogP contribution in [0.15, 0.2) is 0 Å². The van der Waals surface area contributed by atoms with Gasteiger partial charge in [0.25, 0.3) is 0 Å². The first-order valence-corrected chi connectivity index (χ1v) is 8.80. The molecule has 22 heavy (non-hydrogen) atoms. The zero-order chi connectivity index (χ0) is 16.0. The number of carbonyl (C=O) groups is 2. The normalized spacial score (nSPS) is 35.3. The standard InChI is InChI=1S/C16H25NO4S/c1-3-20-13(19)15-10-14(2,11-15)21-16(15)5-7-17(8-6-16)12(18)4-9-22/h22H,3-11H2,1-2H3. The second-order valence-electron chi connectivity index (χ2n) is 7.06. The summed E-state index contributed by atoms with van der Waals surface area (Å²) < 4.78 is 11.7. The van der Waals surface area contributed by atoms with E-state index in [0.717, 1.165) is 25.7 Å². The summed E-state index contributed by atoms with van der Waals surface area (Å²) in [4.78, 5) is 26.4. The van der Waals surface area contributed by atoms with E-state index in [1.54, 1.807) is 0 Å². The molecule has 1 amide bonds. The van der Waals surface area contributed by atoms with Gasteiger partial charge >= 0.3 is 5.97 Å². The minimum absolute atomic E-state index is 0.111. The molecule has 2 bridgehead atoms. The van der Waals surface area contributed by atoms with Crippen LogP contribution in [0.1, 0.15) is 46.0 Å². The lowest BCUT2D eigenvalue weighted by Crippen LogP contribution is -2.58. The van der Waals surface area contributed by atoms with E-state index < -0.39 is 11.0 Å². The Labute approximate surface area is 137 Å². The SMILES string of the molecule is CCOC(=O)C12CC(C)(C1)OC21CCN(C(=O)CCS)CC1. The molecule has 4 rings (SSSR count). The van der Waals surface area contributed by atoms with Gasteiger partial charge in [0.2, 0.25) is 5.91 Å². The molecule has 124 valence electrons. The number of amides is 1. The molecule has 0 radical (unpaired) electrons. The van der Waals surface area contributed by atoms with Crippen LogP contribution in [0, 0.1) is 5.41 Å². The zero-order valence-electron chi connectivity index (χ0n) is 13.4. The maximum atomic E-state index is 12.5. The van der Waals surface area contributed by atoms with Crippen molar-refractivity contribution >= 4 is 24.5 Å². The molecule has 1 aliphatic carbocycles. The Kier molecular flexibility index (Phi) is 3.96. The quantitative estimate of drug-likeness (QED) is 0.632. The monoisotopic (exact) mass is 327 g/mol. The van der Waals surface area contributed by atoms with Crippen molar-refractivity contribution in [3.8, 4) is 0 Å². The first kappa shape index (κ1) is 16.1. The number of likely N-dealkylation sites (tertiary alicyclic amines) is 1. The molecule has 3 heterocycles. The fourth-order valence-electron chi connectivity index (χ4n) is 4.74. The average molecular weight is 327 g/mol. The number of hydrogen-bond acceptors (Lipinski definition) is 5. The largest absolute Gasteiger partial charge is 0.465 e. The van der Waals surface area contributed by atoms with Crippen LogP contribution >= 0.6 is 12.6 Å². The van der Waals surface area contributed by atoms with Crippen molar-refractivity contribution in [1.82, 2.24) is 4.90 Å². The molecule has 0 N–H and O–H groups in total. The van der Waals surface area contributed by atoms with Gasteiger partial charge in [-0.05, 0) is 45.3 Å². The average Bonchev–Trinajstić information content (AvgIpc) is 2.83. The second kappa shape index (κ2) is 5.41. The predicted octanol–water partition coefficient (Wildman–Crippen LogP) is 1.80. The molecule has 4 aliphatic rings.